The van der Waals surface area contributed by atoms with Gasteiger partial charge in [-0.05, 0) is 44.2 Å². The van der Waals surface area contributed by atoms with Crippen molar-refractivity contribution in [2.24, 2.45) is 17.8 Å². The van der Waals surface area contributed by atoms with E-state index in [1.807, 2.05) is 0 Å². The Bertz CT molecular complexity index is 805. The number of nitro groups is 3. The Labute approximate surface area is 153 Å². The molecule has 1 aromatic rings. The molecule has 2 fully saturated rings. The summed E-state index contributed by atoms with van der Waals surface area (Å²) >= 11 is 0. The molecule has 1 aromatic carbocycles. The van der Waals surface area contributed by atoms with Crippen LogP contribution in [0.3, 0.4) is 0 Å². The summed E-state index contributed by atoms with van der Waals surface area (Å²) in [5.41, 5.74) is -3.00. The molecule has 4 atom stereocenters. The van der Waals surface area contributed by atoms with E-state index in [0.717, 1.165) is 23.8 Å². The lowest BCUT2D eigenvalue weighted by Crippen LogP contribution is -2.32. The summed E-state index contributed by atoms with van der Waals surface area (Å²) in [5, 5.41) is 40.2. The van der Waals surface area contributed by atoms with Crippen LogP contribution < -0.4 is 0 Å². The quantitative estimate of drug-likeness (QED) is 0.478. The van der Waals surface area contributed by atoms with Gasteiger partial charge in [0.1, 0.15) is 0 Å². The van der Waals surface area contributed by atoms with Gasteiger partial charge in [-0.1, -0.05) is 12.2 Å². The van der Waals surface area contributed by atoms with E-state index in [2.05, 4.69) is 24.1 Å². The van der Waals surface area contributed by atoms with E-state index in [9.17, 15) is 30.3 Å². The van der Waals surface area contributed by atoms with Gasteiger partial charge < -0.3 is 10.0 Å². The zero-order chi connectivity index (χ0) is 19.9. The van der Waals surface area contributed by atoms with Gasteiger partial charge in [0.15, 0.2) is 0 Å². The largest absolute Gasteiger partial charge is 0.497 e. The molecule has 0 radical (unpaired) electrons. The van der Waals surface area contributed by atoms with Crippen molar-refractivity contribution < 1.29 is 19.9 Å². The van der Waals surface area contributed by atoms with Crippen molar-refractivity contribution in [2.45, 2.75) is 18.9 Å². The highest BCUT2D eigenvalue weighted by Crippen LogP contribution is 2.50. The fourth-order valence-corrected chi connectivity index (χ4v) is 4.41. The third kappa shape index (κ3) is 3.33. The summed E-state index contributed by atoms with van der Waals surface area (Å²) < 4.78 is 0. The third-order valence-corrected chi connectivity index (χ3v) is 5.56. The van der Waals surface area contributed by atoms with E-state index < -0.39 is 37.6 Å². The molecule has 1 N–H and O–H groups in total. The lowest BCUT2D eigenvalue weighted by molar-refractivity contribution is -0.404. The Balaban J connectivity index is 0.000000164. The van der Waals surface area contributed by atoms with Crippen LogP contribution in [0.2, 0.25) is 0 Å². The van der Waals surface area contributed by atoms with E-state index in [4.69, 9.17) is 5.11 Å². The normalized spacial score (nSPS) is 27.7. The Morgan fingerprint density at radius 2 is 1.56 bits per heavy atom. The van der Waals surface area contributed by atoms with Crippen molar-refractivity contribution in [3.8, 4) is 5.75 Å². The van der Waals surface area contributed by atoms with Gasteiger partial charge in [0, 0.05) is 6.04 Å². The molecule has 27 heavy (non-hydrogen) atoms. The first-order chi connectivity index (χ1) is 12.7. The maximum absolute atomic E-state index is 10.4. The number of nitrogens with zero attached hydrogens (tertiary/aromatic N) is 4. The van der Waals surface area contributed by atoms with Gasteiger partial charge in [-0.25, -0.2) is 0 Å². The van der Waals surface area contributed by atoms with E-state index in [-0.39, 0.29) is 0 Å². The summed E-state index contributed by atoms with van der Waals surface area (Å²) in [6.07, 6.45) is 7.82. The molecule has 0 spiro atoms. The zero-order valence-electron chi connectivity index (χ0n) is 14.4. The van der Waals surface area contributed by atoms with E-state index in [0.29, 0.717) is 12.1 Å². The molecule has 4 unspecified atom stereocenters. The summed E-state index contributed by atoms with van der Waals surface area (Å²) in [4.78, 5) is 30.3. The van der Waals surface area contributed by atoms with Crippen LogP contribution in [-0.2, 0) is 0 Å². The highest BCUT2D eigenvalue weighted by Gasteiger charge is 2.48. The van der Waals surface area contributed by atoms with Crippen LogP contribution in [-0.4, -0.2) is 44.4 Å². The summed E-state index contributed by atoms with van der Waals surface area (Å²) in [5.74, 6) is 1.68. The standard InChI is InChI=1S/C10H15N.C6H3N3O7/c1-11-5-4-9-7-2-3-8(6-7)10(9)11;10-6-4(8(13)14)1-3(7(11)12)2-5(6)9(15)16/h2-3,7-10H,4-6H2,1H3;1-2,10H. The number of phenols is 1. The second-order valence-electron chi connectivity index (χ2n) is 6.98. The van der Waals surface area contributed by atoms with Crippen LogP contribution in [0.25, 0.3) is 0 Å². The van der Waals surface area contributed by atoms with Crippen LogP contribution in [0.15, 0.2) is 24.3 Å². The first-order valence-electron chi connectivity index (χ1n) is 8.39. The fraction of sp³-hybridized carbons (Fsp3) is 0.500. The van der Waals surface area contributed by atoms with Crippen molar-refractivity contribution in [2.75, 3.05) is 13.6 Å². The number of phenolic OH excluding ortho intramolecular Hbond substituents is 1. The van der Waals surface area contributed by atoms with Crippen LogP contribution >= 0.6 is 0 Å². The first kappa shape index (κ1) is 18.7. The number of rotatable bonds is 3. The first-order valence-corrected chi connectivity index (χ1v) is 8.39. The summed E-state index contributed by atoms with van der Waals surface area (Å²) in [7, 11) is 2.29. The Kier molecular flexibility index (Phi) is 4.79. The highest BCUT2D eigenvalue weighted by atomic mass is 16.6. The van der Waals surface area contributed by atoms with Gasteiger partial charge in [0.25, 0.3) is 11.4 Å². The van der Waals surface area contributed by atoms with Gasteiger partial charge in [-0.3, -0.25) is 30.3 Å². The number of likely N-dealkylation sites (tertiary alicyclic amines) is 1. The number of hydrogen-bond donors (Lipinski definition) is 1. The van der Waals surface area contributed by atoms with Crippen LogP contribution in [0.1, 0.15) is 12.8 Å². The molecule has 2 aliphatic carbocycles. The number of benzene rings is 1. The molecule has 1 heterocycles. The van der Waals surface area contributed by atoms with Crippen molar-refractivity contribution in [1.82, 2.24) is 4.90 Å². The monoisotopic (exact) mass is 378 g/mol. The summed E-state index contributed by atoms with van der Waals surface area (Å²) in [6.45, 7) is 1.34. The predicted molar refractivity (Wildman–Crippen MR) is 93.3 cm³/mol. The van der Waals surface area contributed by atoms with Crippen molar-refractivity contribution >= 4 is 17.1 Å². The van der Waals surface area contributed by atoms with E-state index in [1.54, 1.807) is 0 Å². The minimum absolute atomic E-state index is 0.447. The van der Waals surface area contributed by atoms with Gasteiger partial charge in [-0.2, -0.15) is 0 Å². The Morgan fingerprint density at radius 3 is 2.04 bits per heavy atom. The second-order valence-corrected chi connectivity index (χ2v) is 6.98. The number of nitro benzene ring substituents is 3. The number of hydrogen-bond acceptors (Lipinski definition) is 8. The minimum Gasteiger partial charge on any atom is -0.497 e. The number of non-ortho nitro benzene ring substituents is 1. The molecule has 0 amide bonds. The van der Waals surface area contributed by atoms with Gasteiger partial charge in [0.2, 0.25) is 0 Å². The molecule has 11 nitrogen and oxygen atoms in total. The zero-order valence-corrected chi connectivity index (χ0v) is 14.4. The SMILES string of the molecule is CN1CCC2C3C=CC(C3)C21.O=[N+]([O-])c1cc([N+](=O)[O-])c(O)c([N+](=O)[O-])c1. The van der Waals surface area contributed by atoms with Crippen molar-refractivity contribution in [3.63, 3.8) is 0 Å². The summed E-state index contributed by atoms with van der Waals surface area (Å²) in [6, 6.07) is 1.81. The lowest BCUT2D eigenvalue weighted by atomic mass is 9.90. The molecule has 1 saturated heterocycles. The maximum Gasteiger partial charge on any atom is 0.324 e. The molecular weight excluding hydrogens is 360 g/mol. The van der Waals surface area contributed by atoms with Crippen LogP contribution in [0.4, 0.5) is 17.1 Å². The predicted octanol–water partition coefficient (Wildman–Crippen LogP) is 2.63. The highest BCUT2D eigenvalue weighted by molar-refractivity contribution is 5.64. The molecule has 0 aromatic heterocycles. The number of aromatic hydroxyl groups is 1. The van der Waals surface area contributed by atoms with Crippen molar-refractivity contribution in [3.05, 3.63) is 54.6 Å². The lowest BCUT2D eigenvalue weighted by Gasteiger charge is -2.25. The van der Waals surface area contributed by atoms with Gasteiger partial charge >= 0.3 is 11.4 Å². The molecule has 3 aliphatic rings. The second kappa shape index (κ2) is 6.91. The third-order valence-electron chi connectivity index (χ3n) is 5.56. The molecule has 1 aliphatic heterocycles. The van der Waals surface area contributed by atoms with Crippen LogP contribution in [0, 0.1) is 48.1 Å². The topological polar surface area (TPSA) is 153 Å². The van der Waals surface area contributed by atoms with Gasteiger partial charge in [-0.15, -0.1) is 0 Å². The number of allylic oxidation sites excluding steroid dienone is 1. The molecule has 1 saturated carbocycles. The van der Waals surface area contributed by atoms with Gasteiger partial charge in [0.05, 0.1) is 26.9 Å². The van der Waals surface area contributed by atoms with E-state index in [1.165, 1.54) is 19.4 Å². The van der Waals surface area contributed by atoms with E-state index >= 15 is 0 Å². The Hall–Kier alpha value is -3.08. The molecule has 2 bridgehead atoms. The maximum atomic E-state index is 10.4. The molecule has 11 heteroatoms. The fourth-order valence-electron chi connectivity index (χ4n) is 4.41. The smallest absolute Gasteiger partial charge is 0.324 e. The van der Waals surface area contributed by atoms with Crippen LogP contribution in [0.5, 0.6) is 5.75 Å². The molecular formula is C16H18N4O7. The minimum atomic E-state index is -1.21. The average molecular weight is 378 g/mol. The molecule has 4 rings (SSSR count). The van der Waals surface area contributed by atoms with Crippen molar-refractivity contribution in [1.29, 1.82) is 0 Å². The Morgan fingerprint density at radius 1 is 1.00 bits per heavy atom. The molecule has 144 valence electrons. The number of fused-ring (bicyclic) bond motifs is 5. The average Bonchev–Trinajstić information content (AvgIpc) is 3.29.